The van der Waals surface area contributed by atoms with E-state index in [9.17, 15) is 19.8 Å². The summed E-state index contributed by atoms with van der Waals surface area (Å²) in [5.74, 6) is -0.560. The number of esters is 1. The molecule has 0 heterocycles. The molecule has 3 unspecified atom stereocenters. The average molecular weight is 840 g/mol. The molecule has 0 radical (unpaired) electrons. The van der Waals surface area contributed by atoms with Gasteiger partial charge in [0.05, 0.1) is 25.2 Å². The quantitative estimate of drug-likeness (QED) is 0.0246. The number of hydrogen-bond donors (Lipinski definition) is 3. The molecule has 0 aliphatic carbocycles. The maximum Gasteiger partial charge on any atom is 0.306 e. The van der Waals surface area contributed by atoms with Gasteiger partial charge >= 0.3 is 5.97 Å². The Kier molecular flexibility index (Phi) is 45.7. The molecule has 6 heteroatoms. The van der Waals surface area contributed by atoms with Gasteiger partial charge in [-0.25, -0.2) is 0 Å². The SMILES string of the molecule is CC/C=C/C=C/C=C\C=C/CCCC(CC(=O)NC(CO)C(O)CCCCCCCCCCCCCCCCCC)OC(=O)CCCCC/C=C\CCCCCCCCC. The molecule has 0 fully saturated rings. The zero-order valence-electron chi connectivity index (χ0n) is 39.6. The fourth-order valence-corrected chi connectivity index (χ4v) is 7.56. The highest BCUT2D eigenvalue weighted by atomic mass is 16.5. The largest absolute Gasteiger partial charge is 0.462 e. The standard InChI is InChI=1S/C54H97NO5/c1-4-7-10-13-16-19-22-24-26-27-28-31-34-37-40-43-46-52(57)51(49-56)55-53(58)48-50(45-42-39-36-33-30-21-18-15-12-9-6-3)60-54(59)47-44-41-38-35-32-29-25-23-20-17-14-11-8-5-2/h9,12,15,18,21,29-30,32-33,36,50-52,56-57H,4-8,10-11,13-14,16-17,19-20,22-28,31,34-35,37-49H2,1-3H3,(H,55,58)/b12-9+,18-15+,30-21-,32-29-,36-33-. The molecule has 0 aromatic heterocycles. The van der Waals surface area contributed by atoms with E-state index in [1.54, 1.807) is 0 Å². The highest BCUT2D eigenvalue weighted by Gasteiger charge is 2.24. The van der Waals surface area contributed by atoms with Crippen LogP contribution in [0.3, 0.4) is 0 Å². The van der Waals surface area contributed by atoms with Gasteiger partial charge in [0.1, 0.15) is 6.10 Å². The predicted octanol–water partition coefficient (Wildman–Crippen LogP) is 15.2. The van der Waals surface area contributed by atoms with Gasteiger partial charge in [0.25, 0.3) is 0 Å². The maximum atomic E-state index is 13.2. The van der Waals surface area contributed by atoms with E-state index >= 15 is 0 Å². The van der Waals surface area contributed by atoms with E-state index in [1.807, 2.05) is 36.5 Å². The molecule has 0 rings (SSSR count). The minimum atomic E-state index is -0.808. The van der Waals surface area contributed by atoms with E-state index in [-0.39, 0.29) is 24.9 Å². The van der Waals surface area contributed by atoms with E-state index < -0.39 is 18.2 Å². The van der Waals surface area contributed by atoms with E-state index in [0.29, 0.717) is 19.3 Å². The van der Waals surface area contributed by atoms with Gasteiger partial charge in [-0.05, 0) is 64.2 Å². The van der Waals surface area contributed by atoms with E-state index in [2.05, 4.69) is 50.4 Å². The molecular weight excluding hydrogens is 743 g/mol. The Labute approximate surface area is 371 Å². The normalized spacial score (nSPS) is 13.8. The minimum Gasteiger partial charge on any atom is -0.462 e. The fraction of sp³-hybridized carbons (Fsp3) is 0.778. The second kappa shape index (κ2) is 47.6. The lowest BCUT2D eigenvalue weighted by Crippen LogP contribution is -2.46. The second-order valence-corrected chi connectivity index (χ2v) is 17.3. The van der Waals surface area contributed by atoms with Crippen molar-refractivity contribution in [2.75, 3.05) is 6.61 Å². The molecule has 0 aromatic carbocycles. The van der Waals surface area contributed by atoms with Crippen LogP contribution in [0.4, 0.5) is 0 Å². The number of hydrogen-bond acceptors (Lipinski definition) is 5. The number of aliphatic hydroxyl groups excluding tert-OH is 2. The number of rotatable bonds is 45. The molecule has 0 aromatic rings. The van der Waals surface area contributed by atoms with Crippen LogP contribution in [0.5, 0.6) is 0 Å². The zero-order chi connectivity index (χ0) is 43.8. The lowest BCUT2D eigenvalue weighted by atomic mass is 10.0. The maximum absolute atomic E-state index is 13.2. The van der Waals surface area contributed by atoms with Crippen LogP contribution in [0.25, 0.3) is 0 Å². The van der Waals surface area contributed by atoms with Gasteiger partial charge in [-0.15, -0.1) is 0 Å². The molecule has 0 aliphatic heterocycles. The van der Waals surface area contributed by atoms with E-state index in [1.165, 1.54) is 128 Å². The van der Waals surface area contributed by atoms with Crippen molar-refractivity contribution in [3.8, 4) is 0 Å². The summed E-state index contributed by atoms with van der Waals surface area (Å²) >= 11 is 0. The molecule has 0 saturated carbocycles. The first-order chi connectivity index (χ1) is 29.5. The van der Waals surface area contributed by atoms with Gasteiger partial charge in [-0.3, -0.25) is 9.59 Å². The topological polar surface area (TPSA) is 95.9 Å². The van der Waals surface area contributed by atoms with Gasteiger partial charge < -0.3 is 20.3 Å². The number of aliphatic hydroxyl groups is 2. The first kappa shape index (κ1) is 57.6. The summed E-state index contributed by atoms with van der Waals surface area (Å²) in [6.45, 7) is 6.32. The molecule has 0 bridgehead atoms. The van der Waals surface area contributed by atoms with Crippen LogP contribution in [0, 0.1) is 0 Å². The van der Waals surface area contributed by atoms with Crippen molar-refractivity contribution in [1.82, 2.24) is 5.32 Å². The lowest BCUT2D eigenvalue weighted by molar-refractivity contribution is -0.151. The van der Waals surface area contributed by atoms with Crippen molar-refractivity contribution in [3.63, 3.8) is 0 Å². The number of nitrogens with one attached hydrogen (secondary N) is 1. The Hall–Kier alpha value is -2.44. The van der Waals surface area contributed by atoms with Crippen LogP contribution in [0.2, 0.25) is 0 Å². The fourth-order valence-electron chi connectivity index (χ4n) is 7.56. The summed E-state index contributed by atoms with van der Waals surface area (Å²) in [5, 5.41) is 23.7. The molecule has 3 atom stereocenters. The number of unbranched alkanes of at least 4 members (excludes halogenated alkanes) is 26. The molecular formula is C54H97NO5. The molecule has 60 heavy (non-hydrogen) atoms. The number of amides is 1. The Morgan fingerprint density at radius 1 is 0.500 bits per heavy atom. The van der Waals surface area contributed by atoms with Crippen molar-refractivity contribution in [1.29, 1.82) is 0 Å². The summed E-state index contributed by atoms with van der Waals surface area (Å²) in [6.07, 6.45) is 58.6. The smallest absolute Gasteiger partial charge is 0.306 e. The van der Waals surface area contributed by atoms with Crippen molar-refractivity contribution >= 4 is 11.9 Å². The Morgan fingerprint density at radius 2 is 0.933 bits per heavy atom. The minimum absolute atomic E-state index is 0.0250. The van der Waals surface area contributed by atoms with Crippen LogP contribution in [0.15, 0.2) is 60.8 Å². The van der Waals surface area contributed by atoms with Crippen molar-refractivity contribution in [3.05, 3.63) is 60.8 Å². The third-order valence-corrected chi connectivity index (χ3v) is 11.4. The average Bonchev–Trinajstić information content (AvgIpc) is 3.24. The van der Waals surface area contributed by atoms with Crippen LogP contribution in [-0.2, 0) is 14.3 Å². The Morgan fingerprint density at radius 3 is 1.43 bits per heavy atom. The first-order valence-corrected chi connectivity index (χ1v) is 25.6. The van der Waals surface area contributed by atoms with Gasteiger partial charge in [0, 0.05) is 6.42 Å². The van der Waals surface area contributed by atoms with Crippen LogP contribution >= 0.6 is 0 Å². The Bertz CT molecular complexity index is 1080. The van der Waals surface area contributed by atoms with Crippen LogP contribution in [0.1, 0.15) is 245 Å². The summed E-state index contributed by atoms with van der Waals surface area (Å²) in [4.78, 5) is 26.1. The monoisotopic (exact) mass is 840 g/mol. The summed E-state index contributed by atoms with van der Waals surface area (Å²) in [6, 6.07) is -0.726. The number of carbonyl (C=O) groups excluding carboxylic acids is 2. The lowest BCUT2D eigenvalue weighted by Gasteiger charge is -2.24. The molecule has 0 spiro atoms. The third-order valence-electron chi connectivity index (χ3n) is 11.4. The van der Waals surface area contributed by atoms with Crippen molar-refractivity contribution in [2.45, 2.75) is 264 Å². The molecule has 348 valence electrons. The Balaban J connectivity index is 4.58. The third kappa shape index (κ3) is 42.3. The predicted molar refractivity (Wildman–Crippen MR) is 259 cm³/mol. The summed E-state index contributed by atoms with van der Waals surface area (Å²) < 4.78 is 5.87. The summed E-state index contributed by atoms with van der Waals surface area (Å²) in [7, 11) is 0. The second-order valence-electron chi connectivity index (χ2n) is 17.3. The number of allylic oxidation sites excluding steroid dienone is 10. The highest BCUT2D eigenvalue weighted by molar-refractivity contribution is 5.77. The van der Waals surface area contributed by atoms with Crippen LogP contribution in [-0.4, -0.2) is 46.9 Å². The molecule has 0 aliphatic rings. The van der Waals surface area contributed by atoms with Gasteiger partial charge in [0.15, 0.2) is 0 Å². The molecule has 0 saturated heterocycles. The molecule has 3 N–H and O–H groups in total. The van der Waals surface area contributed by atoms with Gasteiger partial charge in [-0.1, -0.05) is 229 Å². The van der Waals surface area contributed by atoms with E-state index in [0.717, 1.165) is 70.6 Å². The molecule has 1 amide bonds. The zero-order valence-corrected chi connectivity index (χ0v) is 39.6. The van der Waals surface area contributed by atoms with Gasteiger partial charge in [-0.2, -0.15) is 0 Å². The summed E-state index contributed by atoms with van der Waals surface area (Å²) in [5.41, 5.74) is 0. The van der Waals surface area contributed by atoms with Gasteiger partial charge in [0.2, 0.25) is 5.91 Å². The van der Waals surface area contributed by atoms with Crippen molar-refractivity contribution in [2.24, 2.45) is 0 Å². The van der Waals surface area contributed by atoms with E-state index in [4.69, 9.17) is 4.74 Å². The molecule has 6 nitrogen and oxygen atoms in total. The number of carbonyl (C=O) groups is 2. The number of ether oxygens (including phenoxy) is 1. The highest BCUT2D eigenvalue weighted by Crippen LogP contribution is 2.17. The van der Waals surface area contributed by atoms with Crippen LogP contribution < -0.4 is 5.32 Å². The van der Waals surface area contributed by atoms with Crippen molar-refractivity contribution < 1.29 is 24.5 Å². The first-order valence-electron chi connectivity index (χ1n) is 25.6.